The Kier molecular flexibility index (Phi) is 5.88. The van der Waals surface area contributed by atoms with Crippen molar-refractivity contribution >= 4 is 39.9 Å². The summed E-state index contributed by atoms with van der Waals surface area (Å²) >= 11 is 0. The number of hydrogen-bond donors (Lipinski definition) is 3. The molecular formula is C31H28N4O3. The minimum absolute atomic E-state index is 0.245. The first kappa shape index (κ1) is 24.9. The number of fused-ring (bicyclic) bond motifs is 3. The van der Waals surface area contributed by atoms with Crippen LogP contribution in [0.5, 0.6) is 0 Å². The van der Waals surface area contributed by atoms with Gasteiger partial charge in [0.25, 0.3) is 11.5 Å². The molecule has 0 aliphatic heterocycles. The molecule has 38 heavy (non-hydrogen) atoms. The molecule has 2 heterocycles. The summed E-state index contributed by atoms with van der Waals surface area (Å²) in [5, 5.41) is 12.3. The zero-order valence-electron chi connectivity index (χ0n) is 21.5. The molecule has 0 atom stereocenters. The van der Waals surface area contributed by atoms with Crippen LogP contribution < -0.4 is 11.3 Å². The molecule has 0 saturated heterocycles. The molecule has 5 aromatic rings. The highest BCUT2D eigenvalue weighted by atomic mass is 16.3. The molecule has 0 aliphatic rings. The maximum absolute atomic E-state index is 13.3. The second-order valence-corrected chi connectivity index (χ2v) is 9.80. The lowest BCUT2D eigenvalue weighted by Gasteiger charge is -2.17. The van der Waals surface area contributed by atoms with E-state index in [1.165, 1.54) is 23.0 Å². The number of nitrogens with zero attached hydrogens (tertiary/aromatic N) is 2. The number of carbonyl (C=O) groups excluding carboxylic acids is 1. The molecule has 2 aromatic heterocycles. The third-order valence-electron chi connectivity index (χ3n) is 7.02. The predicted molar refractivity (Wildman–Crippen MR) is 153 cm³/mol. The number of H-pyrrole nitrogens is 1. The number of aromatic nitrogens is 3. The number of nitrogens with one attached hydrogen (secondary N) is 1. The van der Waals surface area contributed by atoms with E-state index in [0.29, 0.717) is 28.0 Å². The van der Waals surface area contributed by atoms with E-state index in [1.54, 1.807) is 19.9 Å². The number of hydrogen-bond acceptors (Lipinski definition) is 4. The molecular weight excluding hydrogens is 476 g/mol. The van der Waals surface area contributed by atoms with Crippen molar-refractivity contribution in [1.29, 1.82) is 0 Å². The van der Waals surface area contributed by atoms with E-state index in [-0.39, 0.29) is 5.56 Å². The Hall–Kier alpha value is -4.75. The van der Waals surface area contributed by atoms with Crippen LogP contribution in [0, 0.1) is 6.92 Å². The summed E-state index contributed by atoms with van der Waals surface area (Å²) < 4.78 is 1.50. The van der Waals surface area contributed by atoms with Crippen LogP contribution in [0.1, 0.15) is 46.6 Å². The monoisotopic (exact) mass is 504 g/mol. The van der Waals surface area contributed by atoms with E-state index >= 15 is 0 Å². The van der Waals surface area contributed by atoms with Gasteiger partial charge in [-0.1, -0.05) is 49.6 Å². The first-order valence-corrected chi connectivity index (χ1v) is 12.1. The number of aliphatic hydroxyl groups is 1. The Balaban J connectivity index is 1.82. The van der Waals surface area contributed by atoms with E-state index in [4.69, 9.17) is 5.73 Å². The lowest BCUT2D eigenvalue weighted by molar-refractivity contribution is 0.0787. The van der Waals surface area contributed by atoms with Crippen molar-refractivity contribution in [2.75, 3.05) is 0 Å². The highest BCUT2D eigenvalue weighted by molar-refractivity contribution is 6.20. The maximum atomic E-state index is 13.3. The molecule has 0 spiro atoms. The highest BCUT2D eigenvalue weighted by Crippen LogP contribution is 2.39. The number of aromatic amines is 1. The zero-order valence-corrected chi connectivity index (χ0v) is 21.5. The van der Waals surface area contributed by atoms with E-state index in [2.05, 4.69) is 23.1 Å². The number of carbonyl (C=O) groups is 1. The molecule has 0 fully saturated rings. The summed E-state index contributed by atoms with van der Waals surface area (Å²) in [7, 11) is 0. The highest BCUT2D eigenvalue weighted by Gasteiger charge is 2.21. The number of nitrogens with two attached hydrogens (primary N) is 1. The molecule has 0 radical (unpaired) electrons. The van der Waals surface area contributed by atoms with Gasteiger partial charge in [-0.15, -0.1) is 0 Å². The molecule has 0 unspecified atom stereocenters. The van der Waals surface area contributed by atoms with E-state index in [0.717, 1.165) is 38.5 Å². The number of primary amides is 1. The molecule has 0 bridgehead atoms. The number of amides is 1. The maximum Gasteiger partial charge on any atom is 0.265 e. The summed E-state index contributed by atoms with van der Waals surface area (Å²) in [6.07, 6.45) is 4.51. The third kappa shape index (κ3) is 3.84. The Morgan fingerprint density at radius 1 is 1.11 bits per heavy atom. The predicted octanol–water partition coefficient (Wildman–Crippen LogP) is 5.45. The van der Waals surface area contributed by atoms with Gasteiger partial charge in [0, 0.05) is 16.3 Å². The van der Waals surface area contributed by atoms with Crippen LogP contribution in [-0.4, -0.2) is 25.5 Å². The normalized spacial score (nSPS) is 11.7. The zero-order chi connectivity index (χ0) is 27.4. The van der Waals surface area contributed by atoms with Crippen LogP contribution in [-0.2, 0) is 5.60 Å². The lowest BCUT2D eigenvalue weighted by Crippen LogP contribution is -2.23. The quantitative estimate of drug-likeness (QED) is 0.285. The molecule has 190 valence electrons. The second-order valence-electron chi connectivity index (χ2n) is 9.80. The van der Waals surface area contributed by atoms with Gasteiger partial charge in [-0.25, -0.2) is 4.98 Å². The van der Waals surface area contributed by atoms with Crippen molar-refractivity contribution in [1.82, 2.24) is 14.5 Å². The van der Waals surface area contributed by atoms with E-state index < -0.39 is 11.5 Å². The van der Waals surface area contributed by atoms with Crippen LogP contribution >= 0.6 is 0 Å². The third-order valence-corrected chi connectivity index (χ3v) is 7.02. The Bertz CT molecular complexity index is 1850. The average Bonchev–Trinajstić information content (AvgIpc) is 3.26. The van der Waals surface area contributed by atoms with Crippen LogP contribution in [0.25, 0.3) is 50.8 Å². The topological polar surface area (TPSA) is 114 Å². The Labute approximate surface area is 219 Å². The summed E-state index contributed by atoms with van der Waals surface area (Å²) in [6.45, 7) is 12.9. The minimum atomic E-state index is -1.03. The van der Waals surface area contributed by atoms with Crippen LogP contribution in [0.2, 0.25) is 0 Å². The van der Waals surface area contributed by atoms with Gasteiger partial charge in [-0.2, -0.15) is 0 Å². The van der Waals surface area contributed by atoms with Gasteiger partial charge in [0.15, 0.2) is 0 Å². The first-order valence-electron chi connectivity index (χ1n) is 12.1. The van der Waals surface area contributed by atoms with Crippen molar-refractivity contribution in [3.63, 3.8) is 0 Å². The summed E-state index contributed by atoms with van der Waals surface area (Å²) in [5.41, 5.74) is 11.1. The standard InChI is InChI=1S/C31H28N4O3/c1-6-19-24(7-2)33-16-35(30(19)37)26-10-8-9-20(17(26)3)21-13-14-23(29(32)36)28-27(21)22-12-11-18(31(4,5)38)15-25(22)34-28/h6-16,34,38H,1-2H2,3-5H3,(H2,32,36). The average molecular weight is 505 g/mol. The van der Waals surface area contributed by atoms with Crippen molar-refractivity contribution in [2.24, 2.45) is 5.73 Å². The van der Waals surface area contributed by atoms with Crippen molar-refractivity contribution < 1.29 is 9.90 Å². The molecule has 5 rings (SSSR count). The molecule has 7 nitrogen and oxygen atoms in total. The smallest absolute Gasteiger partial charge is 0.265 e. The number of rotatable bonds is 6. The number of benzene rings is 3. The molecule has 7 heteroatoms. The molecule has 3 aromatic carbocycles. The van der Waals surface area contributed by atoms with Gasteiger partial charge in [0.05, 0.1) is 33.6 Å². The van der Waals surface area contributed by atoms with Crippen molar-refractivity contribution in [2.45, 2.75) is 26.4 Å². The van der Waals surface area contributed by atoms with Gasteiger partial charge in [-0.3, -0.25) is 14.2 Å². The largest absolute Gasteiger partial charge is 0.386 e. The van der Waals surface area contributed by atoms with Gasteiger partial charge in [0.2, 0.25) is 0 Å². The van der Waals surface area contributed by atoms with Crippen LogP contribution in [0.15, 0.2) is 72.8 Å². The first-order chi connectivity index (χ1) is 18.1. The van der Waals surface area contributed by atoms with Crippen LogP contribution in [0.4, 0.5) is 0 Å². The van der Waals surface area contributed by atoms with Gasteiger partial charge in [0.1, 0.15) is 6.33 Å². The minimum Gasteiger partial charge on any atom is -0.386 e. The molecule has 1 amide bonds. The van der Waals surface area contributed by atoms with Gasteiger partial charge in [-0.05, 0) is 67.3 Å². The van der Waals surface area contributed by atoms with E-state index in [1.807, 2.05) is 49.4 Å². The summed E-state index contributed by atoms with van der Waals surface area (Å²) in [6, 6.07) is 15.0. The SMILES string of the molecule is C=Cc1ncn(-c2cccc(-c3ccc(C(N)=O)c4[nH]c5cc(C(C)(C)O)ccc5c34)c2C)c(=O)c1C=C. The summed E-state index contributed by atoms with van der Waals surface area (Å²) in [5.74, 6) is -0.543. The molecule has 0 aliphatic carbocycles. The Morgan fingerprint density at radius 2 is 1.87 bits per heavy atom. The van der Waals surface area contributed by atoms with Gasteiger partial charge >= 0.3 is 0 Å². The van der Waals surface area contributed by atoms with E-state index in [9.17, 15) is 14.7 Å². The molecule has 0 saturated carbocycles. The van der Waals surface area contributed by atoms with Gasteiger partial charge < -0.3 is 15.8 Å². The Morgan fingerprint density at radius 3 is 2.53 bits per heavy atom. The summed E-state index contributed by atoms with van der Waals surface area (Å²) in [4.78, 5) is 33.4. The fourth-order valence-electron chi connectivity index (χ4n) is 5.01. The van der Waals surface area contributed by atoms with Crippen LogP contribution in [0.3, 0.4) is 0 Å². The fraction of sp³-hybridized carbons (Fsp3) is 0.129. The molecule has 4 N–H and O–H groups in total. The fourth-order valence-corrected chi connectivity index (χ4v) is 5.01. The van der Waals surface area contributed by atoms with Crippen molar-refractivity contribution in [3.8, 4) is 16.8 Å². The second kappa shape index (κ2) is 8.97. The lowest BCUT2D eigenvalue weighted by atomic mass is 9.92. The van der Waals surface area contributed by atoms with Crippen molar-refractivity contribution in [3.05, 3.63) is 106 Å².